The summed E-state index contributed by atoms with van der Waals surface area (Å²) in [5.41, 5.74) is 3.54. The van der Waals surface area contributed by atoms with Gasteiger partial charge in [0.15, 0.2) is 5.65 Å². The highest BCUT2D eigenvalue weighted by Crippen LogP contribution is 2.32. The summed E-state index contributed by atoms with van der Waals surface area (Å²) in [7, 11) is 1.65. The molecule has 2 aromatic heterocycles. The van der Waals surface area contributed by atoms with Gasteiger partial charge in [0.25, 0.3) is 0 Å². The lowest BCUT2D eigenvalue weighted by atomic mass is 10.1. The Kier molecular flexibility index (Phi) is 4.84. The molecule has 0 aliphatic rings. The number of benzene rings is 1. The Bertz CT molecular complexity index is 851. The van der Waals surface area contributed by atoms with Crippen LogP contribution in [0.3, 0.4) is 0 Å². The molecule has 2 heterocycles. The SMILES string of the molecule is COCCOc1ccc(-c2nc3ccc(Cl)nn3c2C)cc1Br. The van der Waals surface area contributed by atoms with Crippen LogP contribution in [-0.4, -0.2) is 34.9 Å². The summed E-state index contributed by atoms with van der Waals surface area (Å²) in [6.45, 7) is 3.02. The van der Waals surface area contributed by atoms with Crippen molar-refractivity contribution in [2.24, 2.45) is 0 Å². The molecular weight excluding hydrogens is 382 g/mol. The van der Waals surface area contributed by atoms with Gasteiger partial charge >= 0.3 is 0 Å². The summed E-state index contributed by atoms with van der Waals surface area (Å²) in [5.74, 6) is 0.772. The largest absolute Gasteiger partial charge is 0.490 e. The number of ether oxygens (including phenoxy) is 2. The number of methoxy groups -OCH3 is 1. The van der Waals surface area contributed by atoms with Crippen molar-refractivity contribution in [1.29, 1.82) is 0 Å². The molecule has 3 rings (SSSR count). The zero-order valence-electron chi connectivity index (χ0n) is 12.7. The van der Waals surface area contributed by atoms with Gasteiger partial charge in [-0.1, -0.05) is 11.6 Å². The van der Waals surface area contributed by atoms with Crippen LogP contribution in [0.5, 0.6) is 5.75 Å². The Morgan fingerprint density at radius 2 is 2.04 bits per heavy atom. The minimum Gasteiger partial charge on any atom is -0.490 e. The van der Waals surface area contributed by atoms with Crippen LogP contribution in [0, 0.1) is 6.92 Å². The van der Waals surface area contributed by atoms with E-state index in [4.69, 9.17) is 21.1 Å². The van der Waals surface area contributed by atoms with Crippen LogP contribution in [0.25, 0.3) is 16.9 Å². The number of fused-ring (bicyclic) bond motifs is 1. The zero-order valence-corrected chi connectivity index (χ0v) is 15.1. The lowest BCUT2D eigenvalue weighted by Crippen LogP contribution is -2.04. The fourth-order valence-corrected chi connectivity index (χ4v) is 2.93. The average Bonchev–Trinajstić information content (AvgIpc) is 2.86. The summed E-state index contributed by atoms with van der Waals surface area (Å²) in [6, 6.07) is 9.46. The smallest absolute Gasteiger partial charge is 0.154 e. The zero-order chi connectivity index (χ0) is 16.4. The monoisotopic (exact) mass is 395 g/mol. The fourth-order valence-electron chi connectivity index (χ4n) is 2.29. The van der Waals surface area contributed by atoms with Gasteiger partial charge in [-0.25, -0.2) is 9.50 Å². The van der Waals surface area contributed by atoms with Gasteiger partial charge in [-0.3, -0.25) is 0 Å². The van der Waals surface area contributed by atoms with E-state index in [1.54, 1.807) is 17.7 Å². The lowest BCUT2D eigenvalue weighted by Gasteiger charge is -2.09. The molecule has 7 heteroatoms. The van der Waals surface area contributed by atoms with Crippen LogP contribution >= 0.6 is 27.5 Å². The quantitative estimate of drug-likeness (QED) is 0.608. The van der Waals surface area contributed by atoms with E-state index in [1.807, 2.05) is 31.2 Å². The third-order valence-electron chi connectivity index (χ3n) is 3.42. The maximum atomic E-state index is 5.96. The molecule has 0 fully saturated rings. The minimum absolute atomic E-state index is 0.438. The second-order valence-corrected chi connectivity index (χ2v) is 6.20. The standard InChI is InChI=1S/C16H15BrClN3O2/c1-10-16(19-15-6-5-14(18)20-21(10)15)11-3-4-13(12(17)9-11)23-8-7-22-2/h3-6,9H,7-8H2,1-2H3. The predicted octanol–water partition coefficient (Wildman–Crippen LogP) is 4.15. The summed E-state index contributed by atoms with van der Waals surface area (Å²) >= 11 is 9.50. The normalized spacial score (nSPS) is 11.1. The second-order valence-electron chi connectivity index (χ2n) is 4.96. The molecule has 0 bridgehead atoms. The van der Waals surface area contributed by atoms with Crippen molar-refractivity contribution in [3.63, 3.8) is 0 Å². The Labute approximate surface area is 147 Å². The maximum absolute atomic E-state index is 5.96. The molecule has 0 saturated carbocycles. The second kappa shape index (κ2) is 6.86. The molecule has 0 radical (unpaired) electrons. The molecule has 0 amide bonds. The van der Waals surface area contributed by atoms with Crippen molar-refractivity contribution in [2.45, 2.75) is 6.92 Å². The molecule has 0 atom stereocenters. The van der Waals surface area contributed by atoms with Gasteiger partial charge in [0, 0.05) is 12.7 Å². The molecule has 5 nitrogen and oxygen atoms in total. The first-order chi connectivity index (χ1) is 11.1. The summed E-state index contributed by atoms with van der Waals surface area (Å²) < 4.78 is 13.2. The highest BCUT2D eigenvalue weighted by molar-refractivity contribution is 9.10. The van der Waals surface area contributed by atoms with E-state index in [9.17, 15) is 0 Å². The van der Waals surface area contributed by atoms with Gasteiger partial charge in [0.2, 0.25) is 0 Å². The molecule has 0 N–H and O–H groups in total. The van der Waals surface area contributed by atoms with Crippen LogP contribution in [-0.2, 0) is 4.74 Å². The summed E-state index contributed by atoms with van der Waals surface area (Å²) in [5, 5.41) is 4.72. The van der Waals surface area contributed by atoms with Gasteiger partial charge in [-0.15, -0.1) is 0 Å². The molecule has 0 aliphatic heterocycles. The average molecular weight is 397 g/mol. The van der Waals surface area contributed by atoms with E-state index >= 15 is 0 Å². The first-order valence-corrected chi connectivity index (χ1v) is 8.21. The van der Waals surface area contributed by atoms with Crippen molar-refractivity contribution >= 4 is 33.2 Å². The van der Waals surface area contributed by atoms with E-state index in [2.05, 4.69) is 26.0 Å². The van der Waals surface area contributed by atoms with E-state index in [-0.39, 0.29) is 0 Å². The topological polar surface area (TPSA) is 48.7 Å². The third kappa shape index (κ3) is 3.34. The van der Waals surface area contributed by atoms with Gasteiger partial charge in [0.05, 0.1) is 22.5 Å². The highest BCUT2D eigenvalue weighted by atomic mass is 79.9. The Morgan fingerprint density at radius 3 is 2.78 bits per heavy atom. The molecule has 3 aromatic rings. The van der Waals surface area contributed by atoms with Crippen LogP contribution in [0.1, 0.15) is 5.69 Å². The number of hydrogen-bond donors (Lipinski definition) is 0. The molecule has 0 aliphatic carbocycles. The minimum atomic E-state index is 0.438. The van der Waals surface area contributed by atoms with Crippen LogP contribution in [0.2, 0.25) is 5.15 Å². The van der Waals surface area contributed by atoms with Gasteiger partial charge < -0.3 is 9.47 Å². The molecule has 0 unspecified atom stereocenters. The molecule has 0 spiro atoms. The predicted molar refractivity (Wildman–Crippen MR) is 93.2 cm³/mol. The highest BCUT2D eigenvalue weighted by Gasteiger charge is 2.13. The van der Waals surface area contributed by atoms with Crippen LogP contribution < -0.4 is 4.74 Å². The van der Waals surface area contributed by atoms with E-state index in [1.165, 1.54) is 0 Å². The molecule has 23 heavy (non-hydrogen) atoms. The maximum Gasteiger partial charge on any atom is 0.154 e. The number of nitrogens with zero attached hydrogens (tertiary/aromatic N) is 3. The summed E-state index contributed by atoms with van der Waals surface area (Å²) in [6.07, 6.45) is 0. The Balaban J connectivity index is 1.96. The first-order valence-electron chi connectivity index (χ1n) is 7.03. The Morgan fingerprint density at radius 1 is 1.22 bits per heavy atom. The van der Waals surface area contributed by atoms with Crippen molar-refractivity contribution in [3.8, 4) is 17.0 Å². The number of imidazole rings is 1. The number of halogens is 2. The van der Waals surface area contributed by atoms with Gasteiger partial charge in [-0.2, -0.15) is 5.10 Å². The fraction of sp³-hybridized carbons (Fsp3) is 0.250. The molecule has 120 valence electrons. The van der Waals surface area contributed by atoms with Crippen LogP contribution in [0.15, 0.2) is 34.8 Å². The van der Waals surface area contributed by atoms with E-state index < -0.39 is 0 Å². The summed E-state index contributed by atoms with van der Waals surface area (Å²) in [4.78, 5) is 4.63. The van der Waals surface area contributed by atoms with Crippen molar-refractivity contribution in [3.05, 3.63) is 45.7 Å². The number of hydrogen-bond acceptors (Lipinski definition) is 4. The number of aryl methyl sites for hydroxylation is 1. The first kappa shape index (κ1) is 16.2. The van der Waals surface area contributed by atoms with Gasteiger partial charge in [-0.05, 0) is 53.2 Å². The third-order valence-corrected chi connectivity index (χ3v) is 4.24. The van der Waals surface area contributed by atoms with Crippen LogP contribution in [0.4, 0.5) is 0 Å². The van der Waals surface area contributed by atoms with Crippen molar-refractivity contribution in [1.82, 2.24) is 14.6 Å². The van der Waals surface area contributed by atoms with Crippen molar-refractivity contribution in [2.75, 3.05) is 20.3 Å². The number of rotatable bonds is 5. The van der Waals surface area contributed by atoms with Crippen molar-refractivity contribution < 1.29 is 9.47 Å². The van der Waals surface area contributed by atoms with E-state index in [0.717, 1.165) is 32.8 Å². The Hall–Kier alpha value is -1.63. The number of aromatic nitrogens is 3. The van der Waals surface area contributed by atoms with Gasteiger partial charge in [0.1, 0.15) is 17.5 Å². The molecule has 1 aromatic carbocycles. The lowest BCUT2D eigenvalue weighted by molar-refractivity contribution is 0.146. The van der Waals surface area contributed by atoms with E-state index in [0.29, 0.717) is 18.4 Å². The molecule has 0 saturated heterocycles. The molecular formula is C16H15BrClN3O2.